The van der Waals surface area contributed by atoms with Crippen LogP contribution in [-0.2, 0) is 4.79 Å². The van der Waals surface area contributed by atoms with Crippen LogP contribution >= 0.6 is 0 Å². The van der Waals surface area contributed by atoms with E-state index in [0.29, 0.717) is 17.4 Å². The van der Waals surface area contributed by atoms with E-state index in [9.17, 15) is 13.6 Å². The number of likely N-dealkylation sites (tertiary alicyclic amines) is 1. The van der Waals surface area contributed by atoms with Gasteiger partial charge in [0.05, 0.1) is 0 Å². The molecule has 1 aliphatic carbocycles. The molecule has 0 bridgehead atoms. The largest absolute Gasteiger partial charge is 0.342 e. The van der Waals surface area contributed by atoms with Crippen LogP contribution in [0.1, 0.15) is 37.7 Å². The summed E-state index contributed by atoms with van der Waals surface area (Å²) in [5.41, 5.74) is 6.48. The molecule has 1 aromatic carbocycles. The van der Waals surface area contributed by atoms with Gasteiger partial charge in [0.25, 0.3) is 0 Å². The number of benzene rings is 1. The van der Waals surface area contributed by atoms with Crippen molar-refractivity contribution in [3.8, 4) is 0 Å². The zero-order chi connectivity index (χ0) is 15.9. The van der Waals surface area contributed by atoms with E-state index in [1.165, 1.54) is 12.1 Å². The van der Waals surface area contributed by atoms with Crippen molar-refractivity contribution in [2.24, 2.45) is 17.6 Å². The zero-order valence-corrected chi connectivity index (χ0v) is 12.8. The Balaban J connectivity index is 1.62. The fraction of sp³-hybridized carbons (Fsp3) is 0.588. The van der Waals surface area contributed by atoms with Crippen molar-refractivity contribution < 1.29 is 13.6 Å². The molecule has 1 heterocycles. The molecule has 0 radical (unpaired) electrons. The van der Waals surface area contributed by atoms with Crippen LogP contribution < -0.4 is 5.73 Å². The smallest absolute Gasteiger partial charge is 0.223 e. The summed E-state index contributed by atoms with van der Waals surface area (Å²) in [6, 6.07) is 3.74. The summed E-state index contributed by atoms with van der Waals surface area (Å²) in [6.45, 7) is 3.30. The molecule has 1 saturated heterocycles. The van der Waals surface area contributed by atoms with E-state index < -0.39 is 11.6 Å². The quantitative estimate of drug-likeness (QED) is 0.933. The maximum absolute atomic E-state index is 13.8. The second-order valence-electron chi connectivity index (χ2n) is 6.73. The molecule has 2 fully saturated rings. The van der Waals surface area contributed by atoms with Gasteiger partial charge >= 0.3 is 0 Å². The van der Waals surface area contributed by atoms with Gasteiger partial charge in [-0.1, -0.05) is 13.0 Å². The average molecular weight is 308 g/mol. The number of rotatable bonds is 3. The van der Waals surface area contributed by atoms with E-state index in [-0.39, 0.29) is 24.3 Å². The Morgan fingerprint density at radius 2 is 2.14 bits per heavy atom. The van der Waals surface area contributed by atoms with Crippen LogP contribution in [-0.4, -0.2) is 29.9 Å². The molecule has 120 valence electrons. The molecule has 1 amide bonds. The van der Waals surface area contributed by atoms with Gasteiger partial charge in [0, 0.05) is 31.6 Å². The number of hydrogen-bond acceptors (Lipinski definition) is 2. The van der Waals surface area contributed by atoms with E-state index in [0.717, 1.165) is 32.0 Å². The molecule has 4 atom stereocenters. The molecule has 0 spiro atoms. The minimum absolute atomic E-state index is 0.0397. The molecule has 1 aliphatic heterocycles. The number of halogens is 2. The number of fused-ring (bicyclic) bond motifs is 1. The molecule has 3 nitrogen and oxygen atoms in total. The lowest BCUT2D eigenvalue weighted by atomic mass is 9.96. The van der Waals surface area contributed by atoms with Gasteiger partial charge in [-0.25, -0.2) is 8.78 Å². The van der Waals surface area contributed by atoms with Crippen LogP contribution in [0.25, 0.3) is 0 Å². The molecular formula is C17H22F2N2O. The SMILES string of the molecule is CC(CC(=O)N1CC2CCC(N)C2C1)c1ccc(F)cc1F. The Morgan fingerprint density at radius 1 is 1.36 bits per heavy atom. The van der Waals surface area contributed by atoms with Crippen LogP contribution in [0.2, 0.25) is 0 Å². The molecule has 3 rings (SSSR count). The van der Waals surface area contributed by atoms with Crippen LogP contribution in [0.5, 0.6) is 0 Å². The number of carbonyl (C=O) groups is 1. The van der Waals surface area contributed by atoms with Gasteiger partial charge in [-0.3, -0.25) is 4.79 Å². The van der Waals surface area contributed by atoms with E-state index >= 15 is 0 Å². The Hall–Kier alpha value is -1.49. The van der Waals surface area contributed by atoms with Crippen LogP contribution in [0.3, 0.4) is 0 Å². The Morgan fingerprint density at radius 3 is 2.82 bits per heavy atom. The molecule has 1 aromatic rings. The lowest BCUT2D eigenvalue weighted by molar-refractivity contribution is -0.130. The topological polar surface area (TPSA) is 46.3 Å². The average Bonchev–Trinajstić information content (AvgIpc) is 3.01. The van der Waals surface area contributed by atoms with E-state index in [1.54, 1.807) is 6.92 Å². The van der Waals surface area contributed by atoms with Gasteiger partial charge in [-0.15, -0.1) is 0 Å². The Bertz CT molecular complexity index is 578. The molecule has 0 aromatic heterocycles. The minimum atomic E-state index is -0.596. The zero-order valence-electron chi connectivity index (χ0n) is 12.8. The number of amides is 1. The lowest BCUT2D eigenvalue weighted by Crippen LogP contribution is -2.34. The first-order valence-electron chi connectivity index (χ1n) is 7.94. The van der Waals surface area contributed by atoms with Gasteiger partial charge in [-0.05, 0) is 42.2 Å². The third-order valence-corrected chi connectivity index (χ3v) is 5.24. The number of nitrogens with two attached hydrogens (primary N) is 1. The summed E-state index contributed by atoms with van der Waals surface area (Å²) >= 11 is 0. The highest BCUT2D eigenvalue weighted by Gasteiger charge is 2.42. The minimum Gasteiger partial charge on any atom is -0.342 e. The molecule has 2 aliphatic rings. The molecule has 22 heavy (non-hydrogen) atoms. The fourth-order valence-corrected chi connectivity index (χ4v) is 3.91. The van der Waals surface area contributed by atoms with Crippen molar-refractivity contribution in [2.45, 2.75) is 38.1 Å². The molecular weight excluding hydrogens is 286 g/mol. The number of carbonyl (C=O) groups excluding carboxylic acids is 1. The van der Waals surface area contributed by atoms with Crippen molar-refractivity contribution >= 4 is 5.91 Å². The van der Waals surface area contributed by atoms with Gasteiger partial charge in [0.1, 0.15) is 11.6 Å². The van der Waals surface area contributed by atoms with Gasteiger partial charge in [-0.2, -0.15) is 0 Å². The third kappa shape index (κ3) is 2.86. The number of nitrogens with zero attached hydrogens (tertiary/aromatic N) is 1. The van der Waals surface area contributed by atoms with E-state index in [1.807, 2.05) is 4.90 Å². The van der Waals surface area contributed by atoms with Crippen molar-refractivity contribution in [2.75, 3.05) is 13.1 Å². The third-order valence-electron chi connectivity index (χ3n) is 5.24. The normalized spacial score (nSPS) is 28.7. The summed E-state index contributed by atoms with van der Waals surface area (Å²) in [4.78, 5) is 14.3. The second kappa shape index (κ2) is 5.95. The maximum atomic E-state index is 13.8. The lowest BCUT2D eigenvalue weighted by Gasteiger charge is -2.21. The Labute approximate surface area is 129 Å². The van der Waals surface area contributed by atoms with Gasteiger partial charge in [0.15, 0.2) is 0 Å². The van der Waals surface area contributed by atoms with Crippen LogP contribution in [0.15, 0.2) is 18.2 Å². The summed E-state index contributed by atoms with van der Waals surface area (Å²) < 4.78 is 26.7. The first-order chi connectivity index (χ1) is 10.5. The predicted octanol–water partition coefficient (Wildman–Crippen LogP) is 2.65. The molecule has 5 heteroatoms. The molecule has 1 saturated carbocycles. The standard InChI is InChI=1S/C17H22F2N2O/c1-10(13-4-3-12(18)7-15(13)19)6-17(22)21-8-11-2-5-16(20)14(11)9-21/h3-4,7,10-11,14,16H,2,5-6,8-9,20H2,1H3. The second-order valence-corrected chi connectivity index (χ2v) is 6.73. The highest BCUT2D eigenvalue weighted by atomic mass is 19.1. The molecule has 2 N–H and O–H groups in total. The summed E-state index contributed by atoms with van der Waals surface area (Å²) in [5, 5.41) is 0. The summed E-state index contributed by atoms with van der Waals surface area (Å²) in [6.07, 6.45) is 2.39. The highest BCUT2D eigenvalue weighted by molar-refractivity contribution is 5.77. The van der Waals surface area contributed by atoms with E-state index in [4.69, 9.17) is 5.73 Å². The molecule has 4 unspecified atom stereocenters. The monoisotopic (exact) mass is 308 g/mol. The fourth-order valence-electron chi connectivity index (χ4n) is 3.91. The van der Waals surface area contributed by atoms with Crippen LogP contribution in [0, 0.1) is 23.5 Å². The first kappa shape index (κ1) is 15.4. The number of hydrogen-bond donors (Lipinski definition) is 1. The maximum Gasteiger partial charge on any atom is 0.223 e. The highest BCUT2D eigenvalue weighted by Crippen LogP contribution is 2.37. The van der Waals surface area contributed by atoms with Gasteiger partial charge < -0.3 is 10.6 Å². The van der Waals surface area contributed by atoms with Gasteiger partial charge in [0.2, 0.25) is 5.91 Å². The van der Waals surface area contributed by atoms with E-state index in [2.05, 4.69) is 0 Å². The Kier molecular flexibility index (Phi) is 4.17. The summed E-state index contributed by atoms with van der Waals surface area (Å²) in [7, 11) is 0. The van der Waals surface area contributed by atoms with Crippen molar-refractivity contribution in [3.05, 3.63) is 35.4 Å². The first-order valence-corrected chi connectivity index (χ1v) is 7.94. The predicted molar refractivity (Wildman–Crippen MR) is 80.2 cm³/mol. The van der Waals surface area contributed by atoms with Crippen LogP contribution in [0.4, 0.5) is 8.78 Å². The van der Waals surface area contributed by atoms with Crippen molar-refractivity contribution in [3.63, 3.8) is 0 Å². The summed E-state index contributed by atoms with van der Waals surface area (Å²) in [5.74, 6) is -0.458. The van der Waals surface area contributed by atoms with Crippen molar-refractivity contribution in [1.29, 1.82) is 0 Å². The van der Waals surface area contributed by atoms with Crippen molar-refractivity contribution in [1.82, 2.24) is 4.90 Å².